The molecule has 1 aromatic heterocycles. The molecule has 0 saturated heterocycles. The highest BCUT2D eigenvalue weighted by atomic mass is 19.1. The van der Waals surface area contributed by atoms with Crippen molar-refractivity contribution in [3.05, 3.63) is 51.8 Å². The van der Waals surface area contributed by atoms with Gasteiger partial charge in [0.1, 0.15) is 11.6 Å². The van der Waals surface area contributed by atoms with Crippen LogP contribution >= 0.6 is 0 Å². The Hall–Kier alpha value is -2.50. The van der Waals surface area contributed by atoms with Crippen molar-refractivity contribution in [2.45, 2.75) is 20.3 Å². The van der Waals surface area contributed by atoms with Gasteiger partial charge in [-0.1, -0.05) is 19.1 Å². The summed E-state index contributed by atoms with van der Waals surface area (Å²) in [6, 6.07) is 7.37. The highest BCUT2D eigenvalue weighted by Crippen LogP contribution is 2.28. The Bertz CT molecular complexity index is 674. The van der Waals surface area contributed by atoms with E-state index in [4.69, 9.17) is 0 Å². The standard InChI is InChI=1S/C15H16FN3O2/c1-3-7-17-15-9-11(19(20)21)8-14(18-15)12-5-4-6-13(16)10(12)2/h4-6,8-9H,3,7H2,1-2H3,(H,17,18). The number of rotatable bonds is 5. The third kappa shape index (κ3) is 3.34. The molecular weight excluding hydrogens is 273 g/mol. The molecule has 110 valence electrons. The fourth-order valence-corrected chi connectivity index (χ4v) is 1.99. The van der Waals surface area contributed by atoms with Crippen molar-refractivity contribution >= 4 is 11.5 Å². The SMILES string of the molecule is CCCNc1cc([N+](=O)[O-])cc(-c2cccc(F)c2C)n1. The van der Waals surface area contributed by atoms with Crippen molar-refractivity contribution in [1.29, 1.82) is 0 Å². The zero-order valence-electron chi connectivity index (χ0n) is 11.9. The molecule has 0 fully saturated rings. The quantitative estimate of drug-likeness (QED) is 0.669. The molecular formula is C15H16FN3O2. The largest absolute Gasteiger partial charge is 0.370 e. The number of hydrogen-bond acceptors (Lipinski definition) is 4. The van der Waals surface area contributed by atoms with Gasteiger partial charge in [-0.05, 0) is 25.0 Å². The number of nitrogens with one attached hydrogen (secondary N) is 1. The molecule has 21 heavy (non-hydrogen) atoms. The summed E-state index contributed by atoms with van der Waals surface area (Å²) in [5.41, 5.74) is 1.30. The van der Waals surface area contributed by atoms with Gasteiger partial charge in [0.05, 0.1) is 16.7 Å². The minimum absolute atomic E-state index is 0.0673. The van der Waals surface area contributed by atoms with Crippen molar-refractivity contribution < 1.29 is 9.31 Å². The molecule has 0 atom stereocenters. The molecule has 0 saturated carbocycles. The van der Waals surface area contributed by atoms with Crippen molar-refractivity contribution in [3.8, 4) is 11.3 Å². The molecule has 2 aromatic rings. The Labute approximate surface area is 122 Å². The maximum Gasteiger partial charge on any atom is 0.275 e. The Kier molecular flexibility index (Phi) is 4.47. The molecule has 1 N–H and O–H groups in total. The van der Waals surface area contributed by atoms with Crippen LogP contribution in [-0.2, 0) is 0 Å². The van der Waals surface area contributed by atoms with Crippen LogP contribution in [0, 0.1) is 22.9 Å². The van der Waals surface area contributed by atoms with E-state index in [1.165, 1.54) is 18.2 Å². The summed E-state index contributed by atoms with van der Waals surface area (Å²) in [6.45, 7) is 4.28. The predicted molar refractivity (Wildman–Crippen MR) is 79.8 cm³/mol. The Morgan fingerprint density at radius 2 is 2.14 bits per heavy atom. The van der Waals surface area contributed by atoms with Crippen molar-refractivity contribution in [3.63, 3.8) is 0 Å². The monoisotopic (exact) mass is 289 g/mol. The first-order chi connectivity index (χ1) is 10.0. The van der Waals surface area contributed by atoms with E-state index < -0.39 is 4.92 Å². The molecule has 0 aliphatic rings. The third-order valence-corrected chi connectivity index (χ3v) is 3.12. The van der Waals surface area contributed by atoms with Crippen LogP contribution in [0.2, 0.25) is 0 Å². The lowest BCUT2D eigenvalue weighted by Crippen LogP contribution is -2.04. The Morgan fingerprint density at radius 1 is 1.38 bits per heavy atom. The molecule has 0 bridgehead atoms. The van der Waals surface area contributed by atoms with Gasteiger partial charge in [0, 0.05) is 18.2 Å². The molecule has 1 heterocycles. The summed E-state index contributed by atoms with van der Waals surface area (Å²) >= 11 is 0. The highest BCUT2D eigenvalue weighted by molar-refractivity contribution is 5.68. The molecule has 1 aromatic carbocycles. The molecule has 5 nitrogen and oxygen atoms in total. The molecule has 0 radical (unpaired) electrons. The van der Waals surface area contributed by atoms with Crippen LogP contribution < -0.4 is 5.32 Å². The van der Waals surface area contributed by atoms with Crippen LogP contribution in [0.15, 0.2) is 30.3 Å². The van der Waals surface area contributed by atoms with Gasteiger partial charge in [-0.15, -0.1) is 0 Å². The number of anilines is 1. The molecule has 0 aliphatic carbocycles. The van der Waals surface area contributed by atoms with Crippen molar-refractivity contribution in [2.75, 3.05) is 11.9 Å². The van der Waals surface area contributed by atoms with Crippen molar-refractivity contribution in [1.82, 2.24) is 4.98 Å². The first kappa shape index (κ1) is 14.9. The summed E-state index contributed by atoms with van der Waals surface area (Å²) < 4.78 is 13.6. The Morgan fingerprint density at radius 3 is 2.81 bits per heavy atom. The van der Waals surface area contributed by atoms with E-state index in [0.29, 0.717) is 29.2 Å². The average Bonchev–Trinajstić information content (AvgIpc) is 2.47. The zero-order valence-corrected chi connectivity index (χ0v) is 11.9. The number of hydrogen-bond donors (Lipinski definition) is 1. The minimum atomic E-state index is -0.475. The first-order valence-corrected chi connectivity index (χ1v) is 6.68. The number of benzene rings is 1. The second kappa shape index (κ2) is 6.30. The highest BCUT2D eigenvalue weighted by Gasteiger charge is 2.14. The summed E-state index contributed by atoms with van der Waals surface area (Å²) in [6.07, 6.45) is 0.874. The second-order valence-corrected chi connectivity index (χ2v) is 4.69. The lowest BCUT2D eigenvalue weighted by atomic mass is 10.0. The van der Waals surface area contributed by atoms with Gasteiger partial charge in [-0.2, -0.15) is 0 Å². The molecule has 2 rings (SSSR count). The number of aromatic nitrogens is 1. The first-order valence-electron chi connectivity index (χ1n) is 6.68. The number of pyridine rings is 1. The lowest BCUT2D eigenvalue weighted by molar-refractivity contribution is -0.384. The van der Waals surface area contributed by atoms with Gasteiger partial charge in [0.15, 0.2) is 0 Å². The fraction of sp³-hybridized carbons (Fsp3) is 0.267. The molecule has 0 aliphatic heterocycles. The summed E-state index contributed by atoms with van der Waals surface area (Å²) in [4.78, 5) is 14.9. The predicted octanol–water partition coefficient (Wildman–Crippen LogP) is 3.93. The molecule has 0 spiro atoms. The second-order valence-electron chi connectivity index (χ2n) is 4.69. The summed E-state index contributed by atoms with van der Waals surface area (Å²) in [5, 5.41) is 14.1. The van der Waals surface area contributed by atoms with Gasteiger partial charge in [-0.25, -0.2) is 9.37 Å². The topological polar surface area (TPSA) is 68.1 Å². The normalized spacial score (nSPS) is 10.4. The van der Waals surface area contributed by atoms with Crippen LogP contribution in [0.4, 0.5) is 15.9 Å². The summed E-state index contributed by atoms with van der Waals surface area (Å²) in [7, 11) is 0. The van der Waals surface area contributed by atoms with E-state index >= 15 is 0 Å². The molecule has 0 amide bonds. The van der Waals surface area contributed by atoms with E-state index in [1.807, 2.05) is 6.92 Å². The van der Waals surface area contributed by atoms with Gasteiger partial charge in [-0.3, -0.25) is 10.1 Å². The van der Waals surface area contributed by atoms with Gasteiger partial charge < -0.3 is 5.32 Å². The van der Waals surface area contributed by atoms with E-state index in [2.05, 4.69) is 10.3 Å². The van der Waals surface area contributed by atoms with Gasteiger partial charge in [0.25, 0.3) is 5.69 Å². The van der Waals surface area contributed by atoms with Crippen LogP contribution in [0.3, 0.4) is 0 Å². The number of nitro groups is 1. The zero-order chi connectivity index (χ0) is 15.4. The smallest absolute Gasteiger partial charge is 0.275 e. The number of nitrogens with zero attached hydrogens (tertiary/aromatic N) is 2. The maximum absolute atomic E-state index is 13.6. The van der Waals surface area contributed by atoms with E-state index in [0.717, 1.165) is 6.42 Å². The van der Waals surface area contributed by atoms with Gasteiger partial charge >= 0.3 is 0 Å². The third-order valence-electron chi connectivity index (χ3n) is 3.12. The van der Waals surface area contributed by atoms with E-state index in [9.17, 15) is 14.5 Å². The van der Waals surface area contributed by atoms with E-state index in [1.54, 1.807) is 19.1 Å². The minimum Gasteiger partial charge on any atom is -0.370 e. The lowest BCUT2D eigenvalue weighted by Gasteiger charge is -2.09. The van der Waals surface area contributed by atoms with Crippen LogP contribution in [0.25, 0.3) is 11.3 Å². The van der Waals surface area contributed by atoms with Crippen LogP contribution in [0.1, 0.15) is 18.9 Å². The fourth-order valence-electron chi connectivity index (χ4n) is 1.99. The van der Waals surface area contributed by atoms with Crippen LogP contribution in [-0.4, -0.2) is 16.5 Å². The Balaban J connectivity index is 2.54. The number of halogens is 1. The molecule has 6 heteroatoms. The van der Waals surface area contributed by atoms with E-state index in [-0.39, 0.29) is 11.5 Å². The van der Waals surface area contributed by atoms with Gasteiger partial charge in [0.2, 0.25) is 0 Å². The van der Waals surface area contributed by atoms with Crippen LogP contribution in [0.5, 0.6) is 0 Å². The average molecular weight is 289 g/mol. The van der Waals surface area contributed by atoms with Crippen molar-refractivity contribution in [2.24, 2.45) is 0 Å². The molecule has 0 unspecified atom stereocenters. The summed E-state index contributed by atoms with van der Waals surface area (Å²) in [5.74, 6) is 0.0635. The maximum atomic E-state index is 13.6.